The zero-order valence-electron chi connectivity index (χ0n) is 13.0. The first kappa shape index (κ1) is 16.7. The number of carboxylic acids is 1. The Morgan fingerprint density at radius 1 is 1.17 bits per heavy atom. The van der Waals surface area contributed by atoms with Crippen LogP contribution in [-0.2, 0) is 15.0 Å². The van der Waals surface area contributed by atoms with Crippen molar-refractivity contribution < 1.29 is 19.1 Å². The molecule has 0 spiro atoms. The zero-order chi connectivity index (χ0) is 17.0. The van der Waals surface area contributed by atoms with Crippen molar-refractivity contribution in [2.45, 2.75) is 25.7 Å². The molecule has 2 aromatic rings. The van der Waals surface area contributed by atoms with Crippen LogP contribution in [0, 0.1) is 12.7 Å². The second-order valence-corrected chi connectivity index (χ2v) is 5.71. The summed E-state index contributed by atoms with van der Waals surface area (Å²) in [7, 11) is 0. The largest absolute Gasteiger partial charge is 0.481 e. The number of anilines is 1. The van der Waals surface area contributed by atoms with E-state index < -0.39 is 23.1 Å². The highest BCUT2D eigenvalue weighted by Gasteiger charge is 2.37. The van der Waals surface area contributed by atoms with Gasteiger partial charge in [0.2, 0.25) is 5.91 Å². The van der Waals surface area contributed by atoms with Crippen LogP contribution in [0.1, 0.15) is 24.5 Å². The molecule has 23 heavy (non-hydrogen) atoms. The summed E-state index contributed by atoms with van der Waals surface area (Å²) in [6.07, 6.45) is -0.292. The van der Waals surface area contributed by atoms with Gasteiger partial charge in [0.25, 0.3) is 0 Å². The Bertz CT molecular complexity index is 730. The Morgan fingerprint density at radius 2 is 1.83 bits per heavy atom. The van der Waals surface area contributed by atoms with Crippen molar-refractivity contribution >= 4 is 17.6 Å². The maximum Gasteiger partial charge on any atom is 0.314 e. The molecule has 2 rings (SSSR count). The molecular weight excluding hydrogens is 297 g/mol. The number of aliphatic carboxylic acids is 1. The monoisotopic (exact) mass is 315 g/mol. The molecule has 0 aromatic heterocycles. The summed E-state index contributed by atoms with van der Waals surface area (Å²) in [5, 5.41) is 12.0. The molecule has 0 aliphatic heterocycles. The third-order valence-corrected chi connectivity index (χ3v) is 3.80. The van der Waals surface area contributed by atoms with Gasteiger partial charge in [-0.05, 0) is 37.1 Å². The number of carbonyl (C=O) groups excluding carboxylic acids is 1. The summed E-state index contributed by atoms with van der Waals surface area (Å²) in [6.45, 7) is 3.22. The first-order valence-electron chi connectivity index (χ1n) is 7.18. The van der Waals surface area contributed by atoms with E-state index in [1.165, 1.54) is 19.1 Å². The van der Waals surface area contributed by atoms with Crippen LogP contribution in [-0.4, -0.2) is 17.0 Å². The summed E-state index contributed by atoms with van der Waals surface area (Å²) in [4.78, 5) is 23.9. The van der Waals surface area contributed by atoms with Gasteiger partial charge in [0.1, 0.15) is 5.82 Å². The van der Waals surface area contributed by atoms with Crippen molar-refractivity contribution in [1.82, 2.24) is 0 Å². The number of carboxylic acid groups (broad SMARTS) is 1. The van der Waals surface area contributed by atoms with Crippen LogP contribution in [0.15, 0.2) is 48.5 Å². The van der Waals surface area contributed by atoms with Crippen LogP contribution in [0.5, 0.6) is 0 Å². The van der Waals surface area contributed by atoms with Gasteiger partial charge in [-0.3, -0.25) is 9.59 Å². The zero-order valence-corrected chi connectivity index (χ0v) is 13.0. The molecular formula is C18H18FNO3. The molecule has 0 saturated heterocycles. The number of rotatable bonds is 5. The number of nitrogens with one attached hydrogen (secondary N) is 1. The number of amides is 1. The van der Waals surface area contributed by atoms with Crippen molar-refractivity contribution in [3.63, 3.8) is 0 Å². The number of aryl methyl sites for hydroxylation is 1. The Balaban J connectivity index is 2.20. The molecule has 2 N–H and O–H groups in total. The predicted octanol–water partition coefficient (Wildman–Crippen LogP) is 3.51. The lowest BCUT2D eigenvalue weighted by molar-refractivity contribution is -0.145. The van der Waals surface area contributed by atoms with Crippen LogP contribution in [0.2, 0.25) is 0 Å². The minimum atomic E-state index is -1.38. The molecule has 0 radical (unpaired) electrons. The molecule has 0 heterocycles. The molecule has 0 aliphatic rings. The molecule has 0 bridgehead atoms. The van der Waals surface area contributed by atoms with E-state index in [1.54, 1.807) is 43.3 Å². The summed E-state index contributed by atoms with van der Waals surface area (Å²) < 4.78 is 13.8. The average molecular weight is 315 g/mol. The van der Waals surface area contributed by atoms with E-state index in [2.05, 4.69) is 5.32 Å². The maximum atomic E-state index is 13.8. The Kier molecular flexibility index (Phi) is 4.79. The molecule has 0 aliphatic carbocycles. The van der Waals surface area contributed by atoms with Gasteiger partial charge in [-0.15, -0.1) is 0 Å². The van der Waals surface area contributed by atoms with Gasteiger partial charge in [-0.2, -0.15) is 0 Å². The minimum Gasteiger partial charge on any atom is -0.481 e. The highest BCUT2D eigenvalue weighted by atomic mass is 19.1. The van der Waals surface area contributed by atoms with Crippen molar-refractivity contribution in [3.05, 3.63) is 65.5 Å². The summed E-state index contributed by atoms with van der Waals surface area (Å²) >= 11 is 0. The van der Waals surface area contributed by atoms with E-state index in [-0.39, 0.29) is 12.1 Å². The normalized spacial score (nSPS) is 13.2. The molecule has 1 unspecified atom stereocenters. The van der Waals surface area contributed by atoms with Crippen molar-refractivity contribution in [2.24, 2.45) is 0 Å². The minimum absolute atomic E-state index is 0.0430. The summed E-state index contributed by atoms with van der Waals surface area (Å²) in [5.74, 6) is -2.21. The highest BCUT2D eigenvalue weighted by Crippen LogP contribution is 2.29. The van der Waals surface area contributed by atoms with Crippen LogP contribution < -0.4 is 5.32 Å². The Labute approximate surface area is 134 Å². The van der Waals surface area contributed by atoms with Crippen molar-refractivity contribution in [3.8, 4) is 0 Å². The van der Waals surface area contributed by atoms with Crippen LogP contribution in [0.4, 0.5) is 10.1 Å². The molecule has 120 valence electrons. The highest BCUT2D eigenvalue weighted by molar-refractivity contribution is 5.96. The topological polar surface area (TPSA) is 66.4 Å². The SMILES string of the molecule is Cc1ccc(NC(=O)CC(C)(C(=O)O)c2ccccc2)c(F)c1. The van der Waals surface area contributed by atoms with E-state index in [0.717, 1.165) is 5.56 Å². The van der Waals surface area contributed by atoms with Gasteiger partial charge < -0.3 is 10.4 Å². The summed E-state index contributed by atoms with van der Waals surface area (Å²) in [6, 6.07) is 13.0. The summed E-state index contributed by atoms with van der Waals surface area (Å²) in [5.41, 5.74) is -0.0828. The van der Waals surface area contributed by atoms with Gasteiger partial charge in [-0.1, -0.05) is 36.4 Å². The van der Waals surface area contributed by atoms with E-state index in [1.807, 2.05) is 0 Å². The van der Waals surface area contributed by atoms with Crippen LogP contribution in [0.25, 0.3) is 0 Å². The quantitative estimate of drug-likeness (QED) is 0.887. The number of hydrogen-bond donors (Lipinski definition) is 2. The van der Waals surface area contributed by atoms with E-state index >= 15 is 0 Å². The smallest absolute Gasteiger partial charge is 0.314 e. The third-order valence-electron chi connectivity index (χ3n) is 3.80. The lowest BCUT2D eigenvalue weighted by Gasteiger charge is -2.24. The first-order valence-corrected chi connectivity index (χ1v) is 7.18. The van der Waals surface area contributed by atoms with Gasteiger partial charge in [0.15, 0.2) is 0 Å². The van der Waals surface area contributed by atoms with E-state index in [4.69, 9.17) is 0 Å². The lowest BCUT2D eigenvalue weighted by atomic mass is 9.79. The lowest BCUT2D eigenvalue weighted by Crippen LogP contribution is -2.36. The third kappa shape index (κ3) is 3.74. The second-order valence-electron chi connectivity index (χ2n) is 5.71. The predicted molar refractivity (Wildman–Crippen MR) is 85.8 cm³/mol. The molecule has 0 fully saturated rings. The number of halogens is 1. The molecule has 4 nitrogen and oxygen atoms in total. The average Bonchev–Trinajstić information content (AvgIpc) is 2.50. The van der Waals surface area contributed by atoms with Gasteiger partial charge in [0.05, 0.1) is 11.1 Å². The molecule has 2 aromatic carbocycles. The fourth-order valence-corrected chi connectivity index (χ4v) is 2.34. The number of benzene rings is 2. The van der Waals surface area contributed by atoms with Crippen molar-refractivity contribution in [1.29, 1.82) is 0 Å². The van der Waals surface area contributed by atoms with Crippen LogP contribution in [0.3, 0.4) is 0 Å². The molecule has 1 atom stereocenters. The molecule has 0 saturated carbocycles. The maximum absolute atomic E-state index is 13.8. The molecule has 5 heteroatoms. The second kappa shape index (κ2) is 6.60. The number of carbonyl (C=O) groups is 2. The number of hydrogen-bond acceptors (Lipinski definition) is 2. The fraction of sp³-hybridized carbons (Fsp3) is 0.222. The van der Waals surface area contributed by atoms with E-state index in [0.29, 0.717) is 5.56 Å². The Hall–Kier alpha value is -2.69. The van der Waals surface area contributed by atoms with Gasteiger partial charge in [0, 0.05) is 6.42 Å². The van der Waals surface area contributed by atoms with Crippen LogP contribution >= 0.6 is 0 Å². The standard InChI is InChI=1S/C18H18FNO3/c1-12-8-9-15(14(19)10-12)20-16(21)11-18(2,17(22)23)13-6-4-3-5-7-13/h3-10H,11H2,1-2H3,(H,20,21)(H,22,23). The van der Waals surface area contributed by atoms with E-state index in [9.17, 15) is 19.1 Å². The fourth-order valence-electron chi connectivity index (χ4n) is 2.34. The molecule has 1 amide bonds. The van der Waals surface area contributed by atoms with Gasteiger partial charge >= 0.3 is 5.97 Å². The van der Waals surface area contributed by atoms with Crippen molar-refractivity contribution in [2.75, 3.05) is 5.32 Å². The van der Waals surface area contributed by atoms with Gasteiger partial charge in [-0.25, -0.2) is 4.39 Å². The Morgan fingerprint density at radius 3 is 2.39 bits per heavy atom. The first-order chi connectivity index (χ1) is 10.8.